The van der Waals surface area contributed by atoms with Crippen molar-refractivity contribution < 1.29 is 9.59 Å². The zero-order valence-corrected chi connectivity index (χ0v) is 18.8. The van der Waals surface area contributed by atoms with E-state index in [1.165, 1.54) is 16.7 Å². The molecule has 5 nitrogen and oxygen atoms in total. The summed E-state index contributed by atoms with van der Waals surface area (Å²) >= 11 is 13.4. The summed E-state index contributed by atoms with van der Waals surface area (Å²) < 4.78 is 0. The normalized spacial score (nSPS) is 19.6. The van der Waals surface area contributed by atoms with Gasteiger partial charge in [0, 0.05) is 31.9 Å². The van der Waals surface area contributed by atoms with E-state index in [-0.39, 0.29) is 17.6 Å². The number of hydrogen-bond acceptors (Lipinski definition) is 5. The van der Waals surface area contributed by atoms with Crippen LogP contribution in [0.1, 0.15) is 5.56 Å². The molecule has 0 aromatic heterocycles. The van der Waals surface area contributed by atoms with Gasteiger partial charge in [-0.05, 0) is 43.0 Å². The van der Waals surface area contributed by atoms with Crippen molar-refractivity contribution in [3.8, 4) is 0 Å². The molecule has 0 spiro atoms. The lowest BCUT2D eigenvalue weighted by Crippen LogP contribution is -2.44. The molecule has 2 saturated heterocycles. The van der Waals surface area contributed by atoms with E-state index in [1.54, 1.807) is 18.2 Å². The topological polar surface area (TPSA) is 43.9 Å². The summed E-state index contributed by atoms with van der Waals surface area (Å²) in [5.74, 6) is -0.426. The van der Waals surface area contributed by atoms with Crippen LogP contribution >= 0.6 is 35.0 Å². The van der Waals surface area contributed by atoms with Crippen molar-refractivity contribution in [3.05, 3.63) is 63.0 Å². The summed E-state index contributed by atoms with van der Waals surface area (Å²) in [5.41, 5.74) is 2.50. The number of imide groups is 1. The third kappa shape index (κ3) is 4.37. The molecule has 2 aliphatic heterocycles. The second-order valence-corrected chi connectivity index (χ2v) is 9.11. The van der Waals surface area contributed by atoms with Crippen LogP contribution in [0.5, 0.6) is 0 Å². The fraction of sp³-hybridized carbons (Fsp3) is 0.273. The van der Waals surface area contributed by atoms with Gasteiger partial charge in [-0.3, -0.25) is 9.59 Å². The second kappa shape index (κ2) is 9.02. The number of rotatable bonds is 3. The van der Waals surface area contributed by atoms with Crippen molar-refractivity contribution in [2.75, 3.05) is 48.8 Å². The summed E-state index contributed by atoms with van der Waals surface area (Å²) in [5, 5.41) is 0.683. The number of carbonyl (C=O) groups is 2. The Bertz CT molecular complexity index is 1020. The number of piperazine rings is 1. The number of hydrogen-bond donors (Lipinski definition) is 0. The Hall–Kier alpha value is -1.99. The fourth-order valence-electron chi connectivity index (χ4n) is 3.56. The first-order valence-corrected chi connectivity index (χ1v) is 11.4. The Morgan fingerprint density at radius 2 is 1.70 bits per heavy atom. The lowest BCUT2D eigenvalue weighted by molar-refractivity contribution is -0.123. The van der Waals surface area contributed by atoms with Crippen LogP contribution in [-0.4, -0.2) is 55.7 Å². The lowest BCUT2D eigenvalue weighted by Gasteiger charge is -2.35. The van der Waals surface area contributed by atoms with Crippen molar-refractivity contribution in [2.24, 2.45) is 0 Å². The number of amides is 2. The van der Waals surface area contributed by atoms with Gasteiger partial charge in [0.2, 0.25) is 5.91 Å². The van der Waals surface area contributed by atoms with Gasteiger partial charge in [0.25, 0.3) is 5.91 Å². The first kappa shape index (κ1) is 21.2. The van der Waals surface area contributed by atoms with Gasteiger partial charge < -0.3 is 9.80 Å². The molecule has 2 heterocycles. The summed E-state index contributed by atoms with van der Waals surface area (Å²) in [7, 11) is 2.12. The number of nitrogens with zero attached hydrogens (tertiary/aromatic N) is 3. The molecule has 0 saturated carbocycles. The fourth-order valence-corrected chi connectivity index (χ4v) is 4.69. The molecule has 2 amide bonds. The molecule has 2 fully saturated rings. The number of halogens is 2. The van der Waals surface area contributed by atoms with E-state index in [0.717, 1.165) is 37.4 Å². The summed E-state index contributed by atoms with van der Waals surface area (Å²) in [6.07, 6.45) is 1.89. The smallest absolute Gasteiger partial charge is 0.271 e. The predicted molar refractivity (Wildman–Crippen MR) is 126 cm³/mol. The number of likely N-dealkylation sites (N-methyl/N-ethyl adjacent to an activating group) is 1. The van der Waals surface area contributed by atoms with Crippen LogP contribution in [0.15, 0.2) is 47.4 Å². The van der Waals surface area contributed by atoms with Gasteiger partial charge >= 0.3 is 0 Å². The van der Waals surface area contributed by atoms with Crippen LogP contribution < -0.4 is 9.80 Å². The molecular weight excluding hydrogens is 441 g/mol. The predicted octanol–water partition coefficient (Wildman–Crippen LogP) is 4.39. The first-order valence-electron chi connectivity index (χ1n) is 9.63. The number of para-hydroxylation sites is 1. The Kier molecular flexibility index (Phi) is 6.39. The van der Waals surface area contributed by atoms with E-state index < -0.39 is 0 Å². The second-order valence-electron chi connectivity index (χ2n) is 7.28. The molecule has 0 N–H and O–H groups in total. The first-order chi connectivity index (χ1) is 14.4. The van der Waals surface area contributed by atoms with Crippen LogP contribution in [0.25, 0.3) is 6.08 Å². The van der Waals surface area contributed by atoms with E-state index in [4.69, 9.17) is 23.2 Å². The molecule has 2 aromatic carbocycles. The van der Waals surface area contributed by atoms with Gasteiger partial charge in [0.1, 0.15) is 0 Å². The molecule has 0 radical (unpaired) electrons. The Labute approximate surface area is 190 Å². The van der Waals surface area contributed by atoms with E-state index in [0.29, 0.717) is 20.6 Å². The largest absolute Gasteiger partial charge is 0.368 e. The zero-order chi connectivity index (χ0) is 21.3. The standard InChI is InChI=1S/C22H21Cl2N3O2S/c1-25-8-10-26(11-9-25)19-5-3-2-4-15(19)12-20-22(29)27(21(28)14-30-20)16-6-7-17(23)18(24)13-16/h2-7,12-13H,8-11,14H2,1H3. The maximum absolute atomic E-state index is 13.2. The molecule has 0 aliphatic carbocycles. The molecule has 2 aromatic rings. The number of carbonyl (C=O) groups excluding carboxylic acids is 2. The van der Waals surface area contributed by atoms with Crippen molar-refractivity contribution >= 4 is 64.2 Å². The molecule has 2 aliphatic rings. The van der Waals surface area contributed by atoms with Crippen molar-refractivity contribution in [3.63, 3.8) is 0 Å². The number of thioether (sulfide) groups is 1. The van der Waals surface area contributed by atoms with E-state index in [2.05, 4.69) is 22.9 Å². The Morgan fingerprint density at radius 3 is 2.43 bits per heavy atom. The third-order valence-electron chi connectivity index (χ3n) is 5.24. The van der Waals surface area contributed by atoms with E-state index in [9.17, 15) is 9.59 Å². The highest BCUT2D eigenvalue weighted by atomic mass is 35.5. The molecule has 8 heteroatoms. The quantitative estimate of drug-likeness (QED) is 0.500. The van der Waals surface area contributed by atoms with Gasteiger partial charge in [-0.25, -0.2) is 4.90 Å². The Morgan fingerprint density at radius 1 is 0.967 bits per heavy atom. The maximum Gasteiger partial charge on any atom is 0.271 e. The van der Waals surface area contributed by atoms with Gasteiger partial charge in [-0.2, -0.15) is 0 Å². The van der Waals surface area contributed by atoms with Crippen LogP contribution in [0.2, 0.25) is 10.0 Å². The van der Waals surface area contributed by atoms with Gasteiger partial charge in [-0.15, -0.1) is 11.8 Å². The van der Waals surface area contributed by atoms with E-state index in [1.807, 2.05) is 24.3 Å². The summed E-state index contributed by atoms with van der Waals surface area (Å²) in [6.45, 7) is 3.87. The molecule has 0 atom stereocenters. The van der Waals surface area contributed by atoms with Crippen molar-refractivity contribution in [1.82, 2.24) is 4.90 Å². The monoisotopic (exact) mass is 461 g/mol. The van der Waals surface area contributed by atoms with Gasteiger partial charge in [0.15, 0.2) is 0 Å². The minimum atomic E-state index is -0.345. The van der Waals surface area contributed by atoms with Crippen LogP contribution in [0.4, 0.5) is 11.4 Å². The number of benzene rings is 2. The van der Waals surface area contributed by atoms with Crippen LogP contribution in [0, 0.1) is 0 Å². The summed E-state index contributed by atoms with van der Waals surface area (Å²) in [4.78, 5) is 32.1. The van der Waals surface area contributed by atoms with Crippen LogP contribution in [0.3, 0.4) is 0 Å². The average molecular weight is 462 g/mol. The van der Waals surface area contributed by atoms with Gasteiger partial charge in [0.05, 0.1) is 26.4 Å². The lowest BCUT2D eigenvalue weighted by atomic mass is 10.1. The Balaban J connectivity index is 1.65. The minimum absolute atomic E-state index is 0.189. The number of anilines is 2. The zero-order valence-electron chi connectivity index (χ0n) is 16.5. The molecule has 0 bridgehead atoms. The molecule has 0 unspecified atom stereocenters. The van der Waals surface area contributed by atoms with Crippen molar-refractivity contribution in [1.29, 1.82) is 0 Å². The van der Waals surface area contributed by atoms with Crippen molar-refractivity contribution in [2.45, 2.75) is 0 Å². The minimum Gasteiger partial charge on any atom is -0.368 e. The van der Waals surface area contributed by atoms with E-state index >= 15 is 0 Å². The third-order valence-corrected chi connectivity index (χ3v) is 6.98. The van der Waals surface area contributed by atoms with Crippen LogP contribution in [-0.2, 0) is 9.59 Å². The molecule has 30 heavy (non-hydrogen) atoms. The maximum atomic E-state index is 13.2. The summed E-state index contributed by atoms with van der Waals surface area (Å²) in [6, 6.07) is 12.8. The molecular formula is C22H21Cl2N3O2S. The highest BCUT2D eigenvalue weighted by molar-refractivity contribution is 8.05. The SMILES string of the molecule is CN1CCN(c2ccccc2C=C2SCC(=O)N(c3ccc(Cl)c(Cl)c3)C2=O)CC1. The van der Waals surface area contributed by atoms with Gasteiger partial charge in [-0.1, -0.05) is 41.4 Å². The average Bonchev–Trinajstić information content (AvgIpc) is 2.74. The highest BCUT2D eigenvalue weighted by Gasteiger charge is 2.32. The molecule has 156 valence electrons. The molecule has 4 rings (SSSR count). The highest BCUT2D eigenvalue weighted by Crippen LogP contribution is 2.35.